The van der Waals surface area contributed by atoms with Gasteiger partial charge in [-0.2, -0.15) is 0 Å². The fraction of sp³-hybridized carbons (Fsp3) is 0.500. The molecule has 138 valence electrons. The molecular weight excluding hydrogens is 366 g/mol. The number of sulfonamides is 1. The first-order valence-corrected chi connectivity index (χ1v) is 10.0. The number of hydrogen-bond donors (Lipinski definition) is 2. The third kappa shape index (κ3) is 5.98. The Balaban J connectivity index is 1.89. The lowest BCUT2D eigenvalue weighted by Crippen LogP contribution is -2.46. The van der Waals surface area contributed by atoms with Crippen molar-refractivity contribution >= 4 is 33.4 Å². The second-order valence-electron chi connectivity index (χ2n) is 5.95. The Labute approximate surface area is 152 Å². The van der Waals surface area contributed by atoms with Crippen LogP contribution in [0.2, 0.25) is 5.02 Å². The second-order valence-corrected chi connectivity index (χ2v) is 8.43. The average Bonchev–Trinajstić information content (AvgIpc) is 2.58. The van der Waals surface area contributed by atoms with Crippen LogP contribution in [-0.2, 0) is 26.2 Å². The summed E-state index contributed by atoms with van der Waals surface area (Å²) in [5.74, 6) is -0.714. The summed E-state index contributed by atoms with van der Waals surface area (Å²) >= 11 is 5.86. The average molecular weight is 388 g/mol. The van der Waals surface area contributed by atoms with Gasteiger partial charge in [-0.05, 0) is 31.2 Å². The van der Waals surface area contributed by atoms with E-state index in [0.29, 0.717) is 31.0 Å². The monoisotopic (exact) mass is 387 g/mol. The molecule has 0 radical (unpaired) electrons. The number of carbonyl (C=O) groups excluding carboxylic acids is 2. The van der Waals surface area contributed by atoms with E-state index in [1.165, 1.54) is 7.05 Å². The quantitative estimate of drug-likeness (QED) is 0.721. The fourth-order valence-corrected chi connectivity index (χ4v) is 3.35. The second kappa shape index (κ2) is 8.64. The first-order valence-electron chi connectivity index (χ1n) is 8.02. The zero-order valence-corrected chi connectivity index (χ0v) is 15.6. The van der Waals surface area contributed by atoms with Crippen LogP contribution in [0.1, 0.15) is 18.4 Å². The van der Waals surface area contributed by atoms with Crippen molar-refractivity contribution in [3.05, 3.63) is 34.9 Å². The number of rotatable bonds is 7. The Morgan fingerprint density at radius 1 is 1.32 bits per heavy atom. The number of amides is 2. The molecule has 0 aliphatic carbocycles. The van der Waals surface area contributed by atoms with Gasteiger partial charge in [0, 0.05) is 31.1 Å². The topological polar surface area (TPSA) is 95.6 Å². The summed E-state index contributed by atoms with van der Waals surface area (Å²) in [5.41, 5.74) is 0.943. The molecule has 0 bridgehead atoms. The van der Waals surface area contributed by atoms with E-state index in [0.717, 1.165) is 5.56 Å². The fourth-order valence-electron chi connectivity index (χ4n) is 2.65. The molecule has 1 aromatic carbocycles. The molecule has 2 rings (SSSR count). The first kappa shape index (κ1) is 19.7. The van der Waals surface area contributed by atoms with Gasteiger partial charge in [-0.25, -0.2) is 13.1 Å². The van der Waals surface area contributed by atoms with Crippen LogP contribution in [0.5, 0.6) is 0 Å². The van der Waals surface area contributed by atoms with Gasteiger partial charge in [-0.15, -0.1) is 0 Å². The van der Waals surface area contributed by atoms with Crippen LogP contribution in [0.3, 0.4) is 0 Å². The third-order valence-electron chi connectivity index (χ3n) is 4.14. The van der Waals surface area contributed by atoms with Gasteiger partial charge in [0.05, 0.1) is 11.7 Å². The zero-order chi connectivity index (χ0) is 18.4. The van der Waals surface area contributed by atoms with Gasteiger partial charge < -0.3 is 10.2 Å². The molecule has 1 heterocycles. The minimum absolute atomic E-state index is 0.0109. The van der Waals surface area contributed by atoms with Crippen LogP contribution < -0.4 is 10.0 Å². The summed E-state index contributed by atoms with van der Waals surface area (Å²) in [6.07, 6.45) is 0.779. The number of hydrogen-bond acceptors (Lipinski definition) is 4. The zero-order valence-electron chi connectivity index (χ0n) is 14.0. The van der Waals surface area contributed by atoms with Crippen molar-refractivity contribution in [1.82, 2.24) is 14.9 Å². The summed E-state index contributed by atoms with van der Waals surface area (Å²) < 4.78 is 24.9. The largest absolute Gasteiger partial charge is 0.355 e. The van der Waals surface area contributed by atoms with E-state index in [1.807, 2.05) is 12.1 Å². The number of piperidine rings is 1. The van der Waals surface area contributed by atoms with Crippen molar-refractivity contribution in [1.29, 1.82) is 0 Å². The molecule has 2 amide bonds. The highest BCUT2D eigenvalue weighted by Gasteiger charge is 2.30. The van der Waals surface area contributed by atoms with Gasteiger partial charge in [0.1, 0.15) is 0 Å². The summed E-state index contributed by atoms with van der Waals surface area (Å²) in [6, 6.07) is 7.22. The summed E-state index contributed by atoms with van der Waals surface area (Å²) in [6.45, 7) is 0.795. The molecule has 0 aromatic heterocycles. The maximum atomic E-state index is 12.2. The molecule has 7 nitrogen and oxygen atoms in total. The van der Waals surface area contributed by atoms with Crippen LogP contribution in [0.4, 0.5) is 0 Å². The number of halogens is 1. The van der Waals surface area contributed by atoms with Gasteiger partial charge >= 0.3 is 0 Å². The molecule has 1 atom stereocenters. The molecule has 1 aliphatic rings. The molecule has 1 saturated heterocycles. The SMILES string of the molecule is CNS(=O)(=O)CCNC(=O)[C@@H]1CCC(=O)N(Cc2ccc(Cl)cc2)C1. The Morgan fingerprint density at radius 2 is 2.00 bits per heavy atom. The Bertz CT molecular complexity index is 721. The molecule has 1 fully saturated rings. The van der Waals surface area contributed by atoms with Crippen LogP contribution in [0.25, 0.3) is 0 Å². The standard InChI is InChI=1S/C16H22ClN3O4S/c1-18-25(23,24)9-8-19-16(22)13-4-7-15(21)20(11-13)10-12-2-5-14(17)6-3-12/h2-3,5-6,13,18H,4,7-11H2,1H3,(H,19,22)/t13-/m1/s1. The molecule has 2 N–H and O–H groups in total. The van der Waals surface area contributed by atoms with Crippen LogP contribution in [-0.4, -0.2) is 51.0 Å². The van der Waals surface area contributed by atoms with E-state index < -0.39 is 10.0 Å². The third-order valence-corrected chi connectivity index (χ3v) is 5.75. The maximum absolute atomic E-state index is 12.2. The lowest BCUT2D eigenvalue weighted by atomic mass is 9.96. The van der Waals surface area contributed by atoms with Crippen LogP contribution in [0, 0.1) is 5.92 Å². The predicted molar refractivity (Wildman–Crippen MR) is 95.4 cm³/mol. The molecule has 0 spiro atoms. The Kier molecular flexibility index (Phi) is 6.80. The minimum atomic E-state index is -3.35. The summed E-state index contributed by atoms with van der Waals surface area (Å²) in [4.78, 5) is 26.0. The molecular formula is C16H22ClN3O4S. The van der Waals surface area contributed by atoms with Crippen molar-refractivity contribution in [3.8, 4) is 0 Å². The maximum Gasteiger partial charge on any atom is 0.224 e. The van der Waals surface area contributed by atoms with Crippen LogP contribution in [0.15, 0.2) is 24.3 Å². The van der Waals surface area contributed by atoms with E-state index >= 15 is 0 Å². The van der Waals surface area contributed by atoms with Crippen molar-refractivity contribution in [2.45, 2.75) is 19.4 Å². The number of nitrogens with one attached hydrogen (secondary N) is 2. The van der Waals surface area contributed by atoms with E-state index in [9.17, 15) is 18.0 Å². The van der Waals surface area contributed by atoms with Gasteiger partial charge in [0.2, 0.25) is 21.8 Å². The minimum Gasteiger partial charge on any atom is -0.355 e. The van der Waals surface area contributed by atoms with Gasteiger partial charge in [0.25, 0.3) is 0 Å². The summed E-state index contributed by atoms with van der Waals surface area (Å²) in [5, 5.41) is 3.26. The predicted octanol–water partition coefficient (Wildman–Crippen LogP) is 0.744. The van der Waals surface area contributed by atoms with E-state index in [4.69, 9.17) is 11.6 Å². The van der Waals surface area contributed by atoms with E-state index in [1.54, 1.807) is 17.0 Å². The van der Waals surface area contributed by atoms with Crippen molar-refractivity contribution in [3.63, 3.8) is 0 Å². The van der Waals surface area contributed by atoms with Gasteiger partial charge in [0.15, 0.2) is 0 Å². The normalized spacial score (nSPS) is 18.2. The number of carbonyl (C=O) groups is 2. The molecule has 25 heavy (non-hydrogen) atoms. The van der Waals surface area contributed by atoms with Crippen molar-refractivity contribution in [2.75, 3.05) is 25.9 Å². The van der Waals surface area contributed by atoms with Crippen LogP contribution >= 0.6 is 11.6 Å². The highest BCUT2D eigenvalue weighted by Crippen LogP contribution is 2.20. The highest BCUT2D eigenvalue weighted by molar-refractivity contribution is 7.89. The highest BCUT2D eigenvalue weighted by atomic mass is 35.5. The Morgan fingerprint density at radius 3 is 2.64 bits per heavy atom. The molecule has 0 saturated carbocycles. The number of nitrogens with zero attached hydrogens (tertiary/aromatic N) is 1. The van der Waals surface area contributed by atoms with E-state index in [2.05, 4.69) is 10.0 Å². The van der Waals surface area contributed by atoms with Gasteiger partial charge in [-0.1, -0.05) is 23.7 Å². The molecule has 1 aromatic rings. The first-order chi connectivity index (χ1) is 11.8. The lowest BCUT2D eigenvalue weighted by molar-refractivity contribution is -0.138. The van der Waals surface area contributed by atoms with Gasteiger partial charge in [-0.3, -0.25) is 9.59 Å². The van der Waals surface area contributed by atoms with E-state index in [-0.39, 0.29) is 30.0 Å². The molecule has 0 unspecified atom stereocenters. The Hall–Kier alpha value is -1.64. The lowest BCUT2D eigenvalue weighted by Gasteiger charge is -2.32. The smallest absolute Gasteiger partial charge is 0.224 e. The molecule has 9 heteroatoms. The number of benzene rings is 1. The molecule has 1 aliphatic heterocycles. The van der Waals surface area contributed by atoms with Crippen molar-refractivity contribution < 1.29 is 18.0 Å². The number of likely N-dealkylation sites (tertiary alicyclic amines) is 1. The summed E-state index contributed by atoms with van der Waals surface area (Å²) in [7, 11) is -2.02. The van der Waals surface area contributed by atoms with Crippen molar-refractivity contribution in [2.24, 2.45) is 5.92 Å².